The molecule has 1 N–H and O–H groups in total. The lowest BCUT2D eigenvalue weighted by atomic mass is 10.0. The molecular formula is C16H20N3+. The quantitative estimate of drug-likeness (QED) is 0.864. The topological polar surface area (TPSA) is 33.2 Å². The van der Waals surface area contributed by atoms with Gasteiger partial charge in [-0.15, -0.1) is 0 Å². The molecule has 1 atom stereocenters. The van der Waals surface area contributed by atoms with Crippen molar-refractivity contribution in [2.24, 2.45) is 0 Å². The number of nitrogens with zero attached hydrogens (tertiary/aromatic N) is 2. The monoisotopic (exact) mass is 254 g/mol. The molecule has 0 radical (unpaired) electrons. The molecule has 1 unspecified atom stereocenters. The Labute approximate surface area is 114 Å². The summed E-state index contributed by atoms with van der Waals surface area (Å²) in [7, 11) is 2.26. The molecular weight excluding hydrogens is 234 g/mol. The summed E-state index contributed by atoms with van der Waals surface area (Å²) in [5, 5.41) is 10.3. The molecule has 19 heavy (non-hydrogen) atoms. The van der Waals surface area contributed by atoms with E-state index in [0.717, 1.165) is 19.5 Å². The molecule has 0 aliphatic carbocycles. The number of benzene rings is 1. The zero-order valence-corrected chi connectivity index (χ0v) is 11.7. The van der Waals surface area contributed by atoms with Crippen molar-refractivity contribution < 1.29 is 4.90 Å². The Hall–Kier alpha value is -1.79. The SMILES string of the molecule is Cc1ccc2c(c1)c1c(n2CCC#N)CC[NH+](C)C1. The minimum atomic E-state index is 0.590. The molecule has 2 aromatic rings. The van der Waals surface area contributed by atoms with E-state index < -0.39 is 0 Å². The van der Waals surface area contributed by atoms with Crippen LogP contribution in [0.4, 0.5) is 0 Å². The van der Waals surface area contributed by atoms with E-state index in [1.165, 1.54) is 34.3 Å². The molecule has 0 bridgehead atoms. The molecule has 98 valence electrons. The fourth-order valence-corrected chi connectivity index (χ4v) is 3.21. The Morgan fingerprint density at radius 3 is 3.05 bits per heavy atom. The molecule has 3 nitrogen and oxygen atoms in total. The van der Waals surface area contributed by atoms with Crippen LogP contribution < -0.4 is 4.90 Å². The fourth-order valence-electron chi connectivity index (χ4n) is 3.21. The summed E-state index contributed by atoms with van der Waals surface area (Å²) < 4.78 is 2.37. The number of aryl methyl sites for hydroxylation is 2. The first-order chi connectivity index (χ1) is 9.20. The number of fused-ring (bicyclic) bond motifs is 3. The highest BCUT2D eigenvalue weighted by Crippen LogP contribution is 2.28. The number of likely N-dealkylation sites (N-methyl/N-ethyl adjacent to an activating group) is 1. The van der Waals surface area contributed by atoms with E-state index in [4.69, 9.17) is 5.26 Å². The maximum atomic E-state index is 8.86. The standard InChI is InChI=1S/C16H19N3/c1-12-4-5-15-13(10-12)14-11-18(2)9-6-16(14)19(15)8-3-7-17/h4-5,10H,3,6,8-9,11H2,1-2H3/p+1. The molecule has 0 fully saturated rings. The van der Waals surface area contributed by atoms with Gasteiger partial charge in [-0.2, -0.15) is 5.26 Å². The van der Waals surface area contributed by atoms with Crippen LogP contribution >= 0.6 is 0 Å². The molecule has 1 aliphatic rings. The van der Waals surface area contributed by atoms with Gasteiger partial charge in [0.2, 0.25) is 0 Å². The summed E-state index contributed by atoms with van der Waals surface area (Å²) >= 11 is 0. The number of nitrogens with one attached hydrogen (secondary N) is 1. The van der Waals surface area contributed by atoms with Crippen LogP contribution in [0.2, 0.25) is 0 Å². The molecule has 1 aliphatic heterocycles. The van der Waals surface area contributed by atoms with Gasteiger partial charge >= 0.3 is 0 Å². The van der Waals surface area contributed by atoms with Crippen molar-refractivity contribution >= 4 is 10.9 Å². The fraction of sp³-hybridized carbons (Fsp3) is 0.438. The van der Waals surface area contributed by atoms with E-state index in [2.05, 4.69) is 42.8 Å². The molecule has 3 rings (SSSR count). The van der Waals surface area contributed by atoms with Gasteiger partial charge in [0.05, 0.1) is 26.1 Å². The van der Waals surface area contributed by atoms with Crippen molar-refractivity contribution in [3.8, 4) is 6.07 Å². The third-order valence-electron chi connectivity index (χ3n) is 4.16. The summed E-state index contributed by atoms with van der Waals surface area (Å²) in [4.78, 5) is 1.58. The van der Waals surface area contributed by atoms with Crippen LogP contribution in [0.1, 0.15) is 23.2 Å². The van der Waals surface area contributed by atoms with E-state index in [9.17, 15) is 0 Å². The van der Waals surface area contributed by atoms with Gasteiger partial charge < -0.3 is 9.47 Å². The van der Waals surface area contributed by atoms with Crippen molar-refractivity contribution in [2.75, 3.05) is 13.6 Å². The molecule has 2 heterocycles. The first kappa shape index (κ1) is 12.3. The Balaban J connectivity index is 2.21. The number of aromatic nitrogens is 1. The predicted molar refractivity (Wildman–Crippen MR) is 76.1 cm³/mol. The van der Waals surface area contributed by atoms with Crippen LogP contribution in [0.15, 0.2) is 18.2 Å². The van der Waals surface area contributed by atoms with Crippen molar-refractivity contribution in [1.82, 2.24) is 4.57 Å². The van der Waals surface area contributed by atoms with E-state index >= 15 is 0 Å². The lowest BCUT2D eigenvalue weighted by Crippen LogP contribution is -3.08. The second-order valence-corrected chi connectivity index (χ2v) is 5.64. The second-order valence-electron chi connectivity index (χ2n) is 5.64. The Kier molecular flexibility index (Phi) is 3.04. The van der Waals surface area contributed by atoms with Crippen LogP contribution in [0.3, 0.4) is 0 Å². The van der Waals surface area contributed by atoms with Crippen LogP contribution in [-0.2, 0) is 19.5 Å². The van der Waals surface area contributed by atoms with Crippen molar-refractivity contribution in [3.63, 3.8) is 0 Å². The van der Waals surface area contributed by atoms with Crippen molar-refractivity contribution in [1.29, 1.82) is 5.26 Å². The molecule has 1 aromatic carbocycles. The summed E-state index contributed by atoms with van der Waals surface area (Å²) in [6.07, 6.45) is 1.72. The Morgan fingerprint density at radius 1 is 1.42 bits per heavy atom. The van der Waals surface area contributed by atoms with E-state index in [0.29, 0.717) is 6.42 Å². The van der Waals surface area contributed by atoms with Gasteiger partial charge in [-0.25, -0.2) is 0 Å². The number of hydrogen-bond donors (Lipinski definition) is 1. The Morgan fingerprint density at radius 2 is 2.26 bits per heavy atom. The molecule has 0 spiro atoms. The van der Waals surface area contributed by atoms with Gasteiger partial charge in [0.15, 0.2) is 0 Å². The van der Waals surface area contributed by atoms with Crippen LogP contribution in [0.5, 0.6) is 0 Å². The number of quaternary nitrogens is 1. The van der Waals surface area contributed by atoms with Gasteiger partial charge in [0.25, 0.3) is 0 Å². The highest BCUT2D eigenvalue weighted by molar-refractivity contribution is 5.86. The number of nitriles is 1. The van der Waals surface area contributed by atoms with Crippen LogP contribution in [0.25, 0.3) is 10.9 Å². The molecule has 3 heteroatoms. The maximum absolute atomic E-state index is 8.86. The zero-order valence-electron chi connectivity index (χ0n) is 11.7. The van der Waals surface area contributed by atoms with E-state index in [1.54, 1.807) is 4.90 Å². The van der Waals surface area contributed by atoms with E-state index in [-0.39, 0.29) is 0 Å². The summed E-state index contributed by atoms with van der Waals surface area (Å²) in [5.41, 5.74) is 5.58. The molecule has 0 saturated carbocycles. The third-order valence-corrected chi connectivity index (χ3v) is 4.16. The summed E-state index contributed by atoms with van der Waals surface area (Å²) in [6, 6.07) is 8.96. The lowest BCUT2D eigenvalue weighted by molar-refractivity contribution is -0.895. The highest BCUT2D eigenvalue weighted by atomic mass is 15.1. The van der Waals surface area contributed by atoms with Crippen molar-refractivity contribution in [3.05, 3.63) is 35.0 Å². The van der Waals surface area contributed by atoms with E-state index in [1.807, 2.05) is 0 Å². The summed E-state index contributed by atoms with van der Waals surface area (Å²) in [5.74, 6) is 0. The average molecular weight is 254 g/mol. The van der Waals surface area contributed by atoms with Gasteiger partial charge in [0.1, 0.15) is 6.54 Å². The van der Waals surface area contributed by atoms with Gasteiger partial charge in [0, 0.05) is 35.1 Å². The molecule has 0 amide bonds. The van der Waals surface area contributed by atoms with Crippen LogP contribution in [0, 0.1) is 18.3 Å². The van der Waals surface area contributed by atoms with Gasteiger partial charge in [-0.1, -0.05) is 11.6 Å². The van der Waals surface area contributed by atoms with Gasteiger partial charge in [-0.05, 0) is 19.1 Å². The minimum absolute atomic E-state index is 0.590. The smallest absolute Gasteiger partial charge is 0.105 e. The van der Waals surface area contributed by atoms with Gasteiger partial charge in [-0.3, -0.25) is 0 Å². The predicted octanol–water partition coefficient (Wildman–Crippen LogP) is 1.43. The molecule has 0 saturated heterocycles. The third kappa shape index (κ3) is 2.02. The Bertz CT molecular complexity index is 661. The van der Waals surface area contributed by atoms with Crippen molar-refractivity contribution in [2.45, 2.75) is 32.9 Å². The normalized spacial score (nSPS) is 18.3. The van der Waals surface area contributed by atoms with Crippen LogP contribution in [-0.4, -0.2) is 18.2 Å². The number of rotatable bonds is 2. The lowest BCUT2D eigenvalue weighted by Gasteiger charge is -2.21. The number of hydrogen-bond acceptors (Lipinski definition) is 1. The second kappa shape index (κ2) is 4.71. The highest BCUT2D eigenvalue weighted by Gasteiger charge is 2.24. The first-order valence-corrected chi connectivity index (χ1v) is 6.99. The zero-order chi connectivity index (χ0) is 13.4. The maximum Gasteiger partial charge on any atom is 0.105 e. The minimum Gasteiger partial charge on any atom is -0.343 e. The summed E-state index contributed by atoms with van der Waals surface area (Å²) in [6.45, 7) is 5.27. The average Bonchev–Trinajstić information content (AvgIpc) is 2.69. The first-order valence-electron chi connectivity index (χ1n) is 6.99. The largest absolute Gasteiger partial charge is 0.343 e. The molecule has 1 aromatic heterocycles.